The second-order valence-corrected chi connectivity index (χ2v) is 5.37. The Bertz CT molecular complexity index is 383. The molecule has 0 saturated heterocycles. The van der Waals surface area contributed by atoms with Crippen molar-refractivity contribution in [2.24, 2.45) is 0 Å². The summed E-state index contributed by atoms with van der Waals surface area (Å²) >= 11 is 0. The molecule has 1 aromatic carbocycles. The molecule has 0 spiro atoms. The van der Waals surface area contributed by atoms with Crippen LogP contribution in [0, 0.1) is 0 Å². The van der Waals surface area contributed by atoms with E-state index < -0.39 is 10.8 Å². The molecule has 1 atom stereocenters. The van der Waals surface area contributed by atoms with Gasteiger partial charge in [0.05, 0.1) is 16.6 Å². The van der Waals surface area contributed by atoms with Gasteiger partial charge >= 0.3 is 0 Å². The molecule has 1 aromatic rings. The third kappa shape index (κ3) is 3.59. The van der Waals surface area contributed by atoms with Crippen molar-refractivity contribution >= 4 is 16.6 Å². The lowest BCUT2D eigenvalue weighted by atomic mass is 10.0. The first-order valence-corrected chi connectivity index (χ1v) is 6.30. The molecule has 0 amide bonds. The number of benzene rings is 1. The van der Waals surface area contributed by atoms with Crippen molar-refractivity contribution in [3.05, 3.63) is 29.8 Å². The molecule has 2 nitrogen and oxygen atoms in total. The van der Waals surface area contributed by atoms with Crippen LogP contribution in [0.5, 0.6) is 0 Å². The maximum Gasteiger partial charge on any atom is 0.142 e. The van der Waals surface area contributed by atoms with Gasteiger partial charge in [0.25, 0.3) is 0 Å². The van der Waals surface area contributed by atoms with Crippen molar-refractivity contribution in [2.75, 3.05) is 5.75 Å². The molecule has 0 aliphatic heterocycles. The first-order valence-electron chi connectivity index (χ1n) is 4.98. The van der Waals surface area contributed by atoms with E-state index in [2.05, 4.69) is 13.8 Å². The average Bonchev–Trinajstić information content (AvgIpc) is 2.17. The Kier molecular flexibility index (Phi) is 4.21. The maximum atomic E-state index is 11.7. The fourth-order valence-corrected chi connectivity index (χ4v) is 2.32. The van der Waals surface area contributed by atoms with Gasteiger partial charge in [-0.05, 0) is 30.5 Å². The summed E-state index contributed by atoms with van der Waals surface area (Å²) in [6.07, 6.45) is 0. The van der Waals surface area contributed by atoms with Gasteiger partial charge in [-0.25, -0.2) is 0 Å². The summed E-state index contributed by atoms with van der Waals surface area (Å²) in [7, 11) is -1.19. The highest BCUT2D eigenvalue weighted by atomic mass is 32.2. The van der Waals surface area contributed by atoms with Crippen LogP contribution in [-0.4, -0.2) is 15.7 Å². The fraction of sp³-hybridized carbons (Fsp3) is 0.417. The molecule has 0 aliphatic carbocycles. The standard InChI is InChI=1S/C12H16O2S/c1-9(2)11-5-4-6-12(7-11)15(14)8-10(3)13/h4-7,9H,8H2,1-3H3. The van der Waals surface area contributed by atoms with Crippen molar-refractivity contribution in [3.8, 4) is 0 Å². The molecule has 0 fully saturated rings. The third-order valence-corrected chi connectivity index (χ3v) is 3.57. The van der Waals surface area contributed by atoms with Crippen LogP contribution >= 0.6 is 0 Å². The van der Waals surface area contributed by atoms with Crippen LogP contribution in [0.4, 0.5) is 0 Å². The molecule has 3 heteroatoms. The van der Waals surface area contributed by atoms with Gasteiger partial charge in [-0.15, -0.1) is 0 Å². The summed E-state index contributed by atoms with van der Waals surface area (Å²) in [6.45, 7) is 5.64. The van der Waals surface area contributed by atoms with Crippen LogP contribution in [0.15, 0.2) is 29.2 Å². The third-order valence-electron chi connectivity index (χ3n) is 2.12. The van der Waals surface area contributed by atoms with Gasteiger partial charge in [0.15, 0.2) is 0 Å². The highest BCUT2D eigenvalue weighted by Crippen LogP contribution is 2.17. The highest BCUT2D eigenvalue weighted by Gasteiger charge is 2.08. The molecule has 0 saturated carbocycles. The van der Waals surface area contributed by atoms with E-state index in [9.17, 15) is 9.00 Å². The van der Waals surface area contributed by atoms with E-state index in [1.807, 2.05) is 24.3 Å². The summed E-state index contributed by atoms with van der Waals surface area (Å²) in [6, 6.07) is 7.64. The Morgan fingerprint density at radius 1 is 1.40 bits per heavy atom. The normalized spacial score (nSPS) is 12.8. The number of rotatable bonds is 4. The Hall–Kier alpha value is -0.960. The molecular weight excluding hydrogens is 208 g/mol. The molecule has 0 radical (unpaired) electrons. The molecule has 0 bridgehead atoms. The quantitative estimate of drug-likeness (QED) is 0.787. The van der Waals surface area contributed by atoms with Crippen LogP contribution in [0.25, 0.3) is 0 Å². The number of ketones is 1. The Morgan fingerprint density at radius 3 is 2.60 bits per heavy atom. The second-order valence-electron chi connectivity index (χ2n) is 3.92. The van der Waals surface area contributed by atoms with E-state index in [0.29, 0.717) is 5.92 Å². The first-order chi connectivity index (χ1) is 7.00. The molecular formula is C12H16O2S. The first kappa shape index (κ1) is 12.1. The Balaban J connectivity index is 2.90. The minimum Gasteiger partial charge on any atom is -0.299 e. The van der Waals surface area contributed by atoms with Crippen LogP contribution in [-0.2, 0) is 15.6 Å². The van der Waals surface area contributed by atoms with Gasteiger partial charge in [0, 0.05) is 4.90 Å². The lowest BCUT2D eigenvalue weighted by Gasteiger charge is -2.07. The van der Waals surface area contributed by atoms with Crippen molar-refractivity contribution in [1.82, 2.24) is 0 Å². The van der Waals surface area contributed by atoms with Gasteiger partial charge < -0.3 is 0 Å². The van der Waals surface area contributed by atoms with Crippen molar-refractivity contribution in [2.45, 2.75) is 31.6 Å². The van der Waals surface area contributed by atoms with Crippen LogP contribution in [0.3, 0.4) is 0 Å². The van der Waals surface area contributed by atoms with E-state index >= 15 is 0 Å². The lowest BCUT2D eigenvalue weighted by molar-refractivity contribution is -0.114. The number of hydrogen-bond acceptors (Lipinski definition) is 2. The van der Waals surface area contributed by atoms with Crippen LogP contribution < -0.4 is 0 Å². The van der Waals surface area contributed by atoms with Crippen LogP contribution in [0.1, 0.15) is 32.3 Å². The summed E-state index contributed by atoms with van der Waals surface area (Å²) in [5, 5.41) is 0. The van der Waals surface area contributed by atoms with Gasteiger partial charge in [0.2, 0.25) is 0 Å². The summed E-state index contributed by atoms with van der Waals surface area (Å²) < 4.78 is 11.7. The highest BCUT2D eigenvalue weighted by molar-refractivity contribution is 7.85. The zero-order valence-electron chi connectivity index (χ0n) is 9.32. The minimum absolute atomic E-state index is 0.0386. The molecule has 0 N–H and O–H groups in total. The van der Waals surface area contributed by atoms with E-state index in [4.69, 9.17) is 0 Å². The summed E-state index contributed by atoms with van der Waals surface area (Å²) in [5.41, 5.74) is 1.16. The van der Waals surface area contributed by atoms with Gasteiger partial charge in [-0.2, -0.15) is 0 Å². The molecule has 1 unspecified atom stereocenters. The monoisotopic (exact) mass is 224 g/mol. The topological polar surface area (TPSA) is 34.1 Å². The largest absolute Gasteiger partial charge is 0.299 e. The summed E-state index contributed by atoms with van der Waals surface area (Å²) in [4.78, 5) is 11.6. The maximum absolute atomic E-state index is 11.7. The molecule has 0 heterocycles. The fourth-order valence-electron chi connectivity index (χ4n) is 1.28. The van der Waals surface area contributed by atoms with E-state index in [0.717, 1.165) is 10.5 Å². The smallest absolute Gasteiger partial charge is 0.142 e. The predicted octanol–water partition coefficient (Wildman–Crippen LogP) is 2.51. The molecule has 82 valence electrons. The van der Waals surface area contributed by atoms with Gasteiger partial charge in [0.1, 0.15) is 5.78 Å². The molecule has 15 heavy (non-hydrogen) atoms. The number of carbonyl (C=O) groups is 1. The second kappa shape index (κ2) is 5.21. The Labute approximate surface area is 93.2 Å². The van der Waals surface area contributed by atoms with E-state index in [1.165, 1.54) is 6.92 Å². The number of hydrogen-bond donors (Lipinski definition) is 0. The molecule has 1 rings (SSSR count). The predicted molar refractivity (Wildman–Crippen MR) is 62.5 cm³/mol. The van der Waals surface area contributed by atoms with E-state index in [1.54, 1.807) is 0 Å². The SMILES string of the molecule is CC(=O)CS(=O)c1cccc(C(C)C)c1. The van der Waals surface area contributed by atoms with Crippen molar-refractivity contribution in [3.63, 3.8) is 0 Å². The minimum atomic E-state index is -1.19. The zero-order valence-corrected chi connectivity index (χ0v) is 10.1. The van der Waals surface area contributed by atoms with Gasteiger partial charge in [-0.1, -0.05) is 26.0 Å². The average molecular weight is 224 g/mol. The number of carbonyl (C=O) groups excluding carboxylic acids is 1. The number of Topliss-reactive ketones (excluding diaryl/α,β-unsaturated/α-hetero) is 1. The summed E-state index contributed by atoms with van der Waals surface area (Å²) in [5.74, 6) is 0.490. The van der Waals surface area contributed by atoms with E-state index in [-0.39, 0.29) is 11.5 Å². The molecule has 0 aromatic heterocycles. The van der Waals surface area contributed by atoms with Crippen LogP contribution in [0.2, 0.25) is 0 Å². The van der Waals surface area contributed by atoms with Gasteiger partial charge in [-0.3, -0.25) is 9.00 Å². The van der Waals surface area contributed by atoms with Crippen molar-refractivity contribution in [1.29, 1.82) is 0 Å². The zero-order chi connectivity index (χ0) is 11.4. The lowest BCUT2D eigenvalue weighted by Crippen LogP contribution is -2.06. The van der Waals surface area contributed by atoms with Crippen molar-refractivity contribution < 1.29 is 9.00 Å². The molecule has 0 aliphatic rings. The Morgan fingerprint density at radius 2 is 2.07 bits per heavy atom.